The maximum atomic E-state index is 5.29. The van der Waals surface area contributed by atoms with E-state index in [1.54, 1.807) is 6.20 Å². The molecule has 1 aromatic rings. The summed E-state index contributed by atoms with van der Waals surface area (Å²) in [4.78, 5) is 4.41. The van der Waals surface area contributed by atoms with Gasteiger partial charge < -0.3 is 4.74 Å². The van der Waals surface area contributed by atoms with Crippen LogP contribution in [0.3, 0.4) is 0 Å². The summed E-state index contributed by atoms with van der Waals surface area (Å²) in [6, 6.07) is 4.04. The Labute approximate surface area is 89.7 Å². The third kappa shape index (κ3) is 1.35. The van der Waals surface area contributed by atoms with Gasteiger partial charge in [-0.3, -0.25) is 4.98 Å². The molecule has 1 aliphatic carbocycles. The van der Waals surface area contributed by atoms with Crippen LogP contribution >= 0.6 is 0 Å². The molecule has 2 aliphatic rings. The van der Waals surface area contributed by atoms with Crippen molar-refractivity contribution in [2.75, 3.05) is 13.2 Å². The van der Waals surface area contributed by atoms with Crippen molar-refractivity contribution in [3.63, 3.8) is 0 Å². The van der Waals surface area contributed by atoms with Crippen LogP contribution in [0.5, 0.6) is 0 Å². The van der Waals surface area contributed by atoms with E-state index >= 15 is 0 Å². The number of ether oxygens (including phenoxy) is 1. The van der Waals surface area contributed by atoms with Gasteiger partial charge in [-0.2, -0.15) is 0 Å². The lowest BCUT2D eigenvalue weighted by atomic mass is 9.60. The molecule has 15 heavy (non-hydrogen) atoms. The molecule has 0 amide bonds. The summed E-state index contributed by atoms with van der Waals surface area (Å²) in [7, 11) is 0. The maximum Gasteiger partial charge on any atom is 0.0545 e. The Kier molecular flexibility index (Phi) is 1.83. The molecule has 3 rings (SSSR count). The number of hydrogen-bond donors (Lipinski definition) is 0. The van der Waals surface area contributed by atoms with Gasteiger partial charge >= 0.3 is 0 Å². The molecule has 2 heterocycles. The average Bonchev–Trinajstić information content (AvgIpc) is 2.14. The summed E-state index contributed by atoms with van der Waals surface area (Å²) in [5.41, 5.74) is 2.56. The van der Waals surface area contributed by atoms with Crippen molar-refractivity contribution < 1.29 is 4.74 Å². The van der Waals surface area contributed by atoms with E-state index in [1.807, 2.05) is 6.07 Å². The van der Waals surface area contributed by atoms with Gasteiger partial charge in [-0.1, -0.05) is 5.92 Å². The van der Waals surface area contributed by atoms with Crippen LogP contribution in [0.2, 0.25) is 0 Å². The lowest BCUT2D eigenvalue weighted by molar-refractivity contribution is -0.164. The van der Waals surface area contributed by atoms with Crippen molar-refractivity contribution in [2.45, 2.75) is 18.8 Å². The minimum Gasteiger partial charge on any atom is -0.380 e. The SMILES string of the molecule is C#Cc1ccc(C2CC3(COC3)C2)nc1. The van der Waals surface area contributed by atoms with Gasteiger partial charge in [-0.05, 0) is 25.0 Å². The molecule has 2 nitrogen and oxygen atoms in total. The van der Waals surface area contributed by atoms with Crippen LogP contribution in [0, 0.1) is 17.8 Å². The zero-order chi connectivity index (χ0) is 10.3. The van der Waals surface area contributed by atoms with Crippen LogP contribution in [-0.2, 0) is 4.74 Å². The molecule has 1 aromatic heterocycles. The van der Waals surface area contributed by atoms with E-state index in [1.165, 1.54) is 18.5 Å². The lowest BCUT2D eigenvalue weighted by Gasteiger charge is -2.53. The predicted octanol–water partition coefficient (Wildman–Crippen LogP) is 1.96. The number of pyridine rings is 1. The zero-order valence-electron chi connectivity index (χ0n) is 8.57. The Morgan fingerprint density at radius 2 is 2.20 bits per heavy atom. The summed E-state index contributed by atoms with van der Waals surface area (Å²) < 4.78 is 5.25. The second-order valence-electron chi connectivity index (χ2n) is 4.71. The standard InChI is InChI=1S/C13H13NO/c1-2-10-3-4-12(14-7-10)11-5-13(6-11)8-15-9-13/h1,3-4,7,11H,5-6,8-9H2. The third-order valence-electron chi connectivity index (χ3n) is 3.55. The van der Waals surface area contributed by atoms with E-state index in [0.717, 1.165) is 18.8 Å². The van der Waals surface area contributed by atoms with Crippen LogP contribution in [0.25, 0.3) is 0 Å². The molecular formula is C13H13NO. The minimum atomic E-state index is 0.511. The lowest BCUT2D eigenvalue weighted by Crippen LogP contribution is -2.51. The van der Waals surface area contributed by atoms with Gasteiger partial charge in [0.25, 0.3) is 0 Å². The van der Waals surface area contributed by atoms with Crippen LogP contribution < -0.4 is 0 Å². The normalized spacial score (nSPS) is 22.9. The molecule has 1 spiro atoms. The van der Waals surface area contributed by atoms with E-state index in [2.05, 4.69) is 17.0 Å². The van der Waals surface area contributed by atoms with Crippen molar-refractivity contribution in [3.8, 4) is 12.3 Å². The minimum absolute atomic E-state index is 0.511. The summed E-state index contributed by atoms with van der Waals surface area (Å²) >= 11 is 0. The molecule has 2 heteroatoms. The second kappa shape index (κ2) is 3.08. The van der Waals surface area contributed by atoms with E-state index in [0.29, 0.717) is 11.3 Å². The summed E-state index contributed by atoms with van der Waals surface area (Å²) in [6.45, 7) is 1.90. The smallest absolute Gasteiger partial charge is 0.0545 e. The molecule has 1 saturated heterocycles. The maximum absolute atomic E-state index is 5.29. The van der Waals surface area contributed by atoms with Crippen LogP contribution in [0.4, 0.5) is 0 Å². The van der Waals surface area contributed by atoms with Gasteiger partial charge in [0.15, 0.2) is 0 Å². The molecule has 0 radical (unpaired) electrons. The highest BCUT2D eigenvalue weighted by Crippen LogP contribution is 2.54. The summed E-state index contributed by atoms with van der Waals surface area (Å²) in [6.07, 6.45) is 9.54. The van der Waals surface area contributed by atoms with Gasteiger partial charge in [0.1, 0.15) is 0 Å². The molecule has 0 N–H and O–H groups in total. The molecule has 0 bridgehead atoms. The van der Waals surface area contributed by atoms with Crippen LogP contribution in [0.15, 0.2) is 18.3 Å². The van der Waals surface area contributed by atoms with Crippen molar-refractivity contribution >= 4 is 0 Å². The van der Waals surface area contributed by atoms with E-state index in [4.69, 9.17) is 11.2 Å². The number of terminal acetylenes is 1. The largest absolute Gasteiger partial charge is 0.380 e. The Bertz CT molecular complexity index is 403. The van der Waals surface area contributed by atoms with Gasteiger partial charge in [0, 0.05) is 28.8 Å². The highest BCUT2D eigenvalue weighted by molar-refractivity contribution is 5.31. The van der Waals surface area contributed by atoms with Crippen molar-refractivity contribution in [2.24, 2.45) is 5.41 Å². The van der Waals surface area contributed by atoms with E-state index in [9.17, 15) is 0 Å². The number of rotatable bonds is 1. The first-order valence-electron chi connectivity index (χ1n) is 5.32. The summed E-state index contributed by atoms with van der Waals surface area (Å²) in [5, 5.41) is 0. The molecule has 76 valence electrons. The van der Waals surface area contributed by atoms with E-state index in [-0.39, 0.29) is 0 Å². The monoisotopic (exact) mass is 199 g/mol. The molecular weight excluding hydrogens is 186 g/mol. The van der Waals surface area contributed by atoms with Gasteiger partial charge in [-0.25, -0.2) is 0 Å². The predicted molar refractivity (Wildman–Crippen MR) is 57.4 cm³/mol. The number of hydrogen-bond acceptors (Lipinski definition) is 2. The van der Waals surface area contributed by atoms with Gasteiger partial charge in [-0.15, -0.1) is 6.42 Å². The molecule has 2 fully saturated rings. The molecule has 1 saturated carbocycles. The fraction of sp³-hybridized carbons (Fsp3) is 0.462. The van der Waals surface area contributed by atoms with Gasteiger partial charge in [0.2, 0.25) is 0 Å². The Morgan fingerprint density at radius 1 is 1.40 bits per heavy atom. The van der Waals surface area contributed by atoms with Crippen molar-refractivity contribution in [1.82, 2.24) is 4.98 Å². The Hall–Kier alpha value is -1.33. The average molecular weight is 199 g/mol. The zero-order valence-corrected chi connectivity index (χ0v) is 8.57. The molecule has 0 atom stereocenters. The van der Waals surface area contributed by atoms with Crippen LogP contribution in [-0.4, -0.2) is 18.2 Å². The first-order chi connectivity index (χ1) is 7.31. The van der Waals surface area contributed by atoms with Crippen molar-refractivity contribution in [1.29, 1.82) is 0 Å². The molecule has 1 aliphatic heterocycles. The summed E-state index contributed by atoms with van der Waals surface area (Å²) in [5.74, 6) is 3.21. The second-order valence-corrected chi connectivity index (χ2v) is 4.71. The topological polar surface area (TPSA) is 22.1 Å². The fourth-order valence-electron chi connectivity index (χ4n) is 2.55. The number of nitrogens with zero attached hydrogens (tertiary/aromatic N) is 1. The highest BCUT2D eigenvalue weighted by atomic mass is 16.5. The van der Waals surface area contributed by atoms with Crippen LogP contribution in [0.1, 0.15) is 30.0 Å². The van der Waals surface area contributed by atoms with E-state index < -0.39 is 0 Å². The first kappa shape index (κ1) is 8.94. The molecule has 0 unspecified atom stereocenters. The number of aromatic nitrogens is 1. The quantitative estimate of drug-likeness (QED) is 0.645. The third-order valence-corrected chi connectivity index (χ3v) is 3.55. The Balaban J connectivity index is 1.70. The Morgan fingerprint density at radius 3 is 2.67 bits per heavy atom. The molecule has 0 aromatic carbocycles. The highest BCUT2D eigenvalue weighted by Gasteiger charge is 2.50. The fourth-order valence-corrected chi connectivity index (χ4v) is 2.55. The van der Waals surface area contributed by atoms with Crippen molar-refractivity contribution in [3.05, 3.63) is 29.6 Å². The van der Waals surface area contributed by atoms with Gasteiger partial charge in [0.05, 0.1) is 13.2 Å². The first-order valence-corrected chi connectivity index (χ1v) is 5.32.